The van der Waals surface area contributed by atoms with Gasteiger partial charge in [0.1, 0.15) is 17.5 Å². The number of fused-ring (bicyclic) bond motifs is 2. The number of amides is 1. The third kappa shape index (κ3) is 2.91. The van der Waals surface area contributed by atoms with Crippen molar-refractivity contribution in [2.45, 2.75) is 36.6 Å². The van der Waals surface area contributed by atoms with Crippen molar-refractivity contribution in [1.29, 1.82) is 0 Å². The highest BCUT2D eigenvalue weighted by molar-refractivity contribution is 7.89. The summed E-state index contributed by atoms with van der Waals surface area (Å²) in [5, 5.41) is 4.54. The molecule has 1 fully saturated rings. The van der Waals surface area contributed by atoms with Crippen molar-refractivity contribution in [2.75, 3.05) is 25.0 Å². The lowest BCUT2D eigenvalue weighted by Gasteiger charge is -2.45. The maximum Gasteiger partial charge on any atom is 0.243 e. The monoisotopic (exact) mass is 410 g/mol. The first kappa shape index (κ1) is 19.0. The first-order valence-electron chi connectivity index (χ1n) is 8.92. The summed E-state index contributed by atoms with van der Waals surface area (Å²) in [6, 6.07) is 4.10. The molecule has 0 N–H and O–H groups in total. The normalized spacial score (nSPS) is 19.9. The van der Waals surface area contributed by atoms with Crippen LogP contribution in [0.25, 0.3) is 0 Å². The van der Waals surface area contributed by atoms with Gasteiger partial charge in [0.15, 0.2) is 0 Å². The third-order valence-corrected chi connectivity index (χ3v) is 7.46. The molecule has 1 amide bonds. The van der Waals surface area contributed by atoms with Gasteiger partial charge in [-0.3, -0.25) is 4.79 Å². The van der Waals surface area contributed by atoms with Crippen molar-refractivity contribution in [2.24, 2.45) is 0 Å². The zero-order valence-corrected chi connectivity index (χ0v) is 16.3. The molecule has 1 saturated heterocycles. The zero-order chi connectivity index (χ0) is 20.3. The number of piperidine rings is 1. The topological polar surface area (TPSA) is 75.5 Å². The molecule has 4 rings (SSSR count). The highest BCUT2D eigenvalue weighted by Gasteiger charge is 2.47. The molecule has 28 heavy (non-hydrogen) atoms. The minimum atomic E-state index is -4.03. The van der Waals surface area contributed by atoms with E-state index in [9.17, 15) is 22.0 Å². The molecule has 10 heteroatoms. The Balaban J connectivity index is 1.63. The largest absolute Gasteiger partial charge is 0.300 e. The summed E-state index contributed by atoms with van der Waals surface area (Å²) in [5.41, 5.74) is 0.188. The number of carbonyl (C=O) groups excluding carboxylic acids is 1. The number of hydrogen-bond acceptors (Lipinski definition) is 4. The van der Waals surface area contributed by atoms with E-state index < -0.39 is 32.1 Å². The molecule has 2 aromatic rings. The third-order valence-electron chi connectivity index (χ3n) is 5.59. The Labute approximate surface area is 161 Å². The molecular weight excluding hydrogens is 390 g/mol. The van der Waals surface area contributed by atoms with Gasteiger partial charge in [0.25, 0.3) is 0 Å². The van der Waals surface area contributed by atoms with Crippen molar-refractivity contribution >= 4 is 21.7 Å². The van der Waals surface area contributed by atoms with Gasteiger partial charge in [-0.1, -0.05) is 0 Å². The Bertz CT molecular complexity index is 1040. The molecule has 0 aliphatic carbocycles. The Kier molecular flexibility index (Phi) is 4.31. The zero-order valence-electron chi connectivity index (χ0n) is 15.5. The summed E-state index contributed by atoms with van der Waals surface area (Å²) in [5.74, 6) is -1.23. The number of hydrogen-bond donors (Lipinski definition) is 0. The summed E-state index contributed by atoms with van der Waals surface area (Å²) in [4.78, 5) is 13.6. The number of aryl methyl sites for hydroxylation is 1. The van der Waals surface area contributed by atoms with Gasteiger partial charge in [-0.05, 0) is 31.9 Å². The number of halogens is 2. The van der Waals surface area contributed by atoms with Crippen molar-refractivity contribution in [3.05, 3.63) is 41.6 Å². The predicted octanol–water partition coefficient (Wildman–Crippen LogP) is 2.02. The smallest absolute Gasteiger partial charge is 0.243 e. The molecule has 0 saturated carbocycles. The fourth-order valence-electron chi connectivity index (χ4n) is 4.03. The van der Waals surface area contributed by atoms with E-state index in [1.165, 1.54) is 4.31 Å². The van der Waals surface area contributed by atoms with Gasteiger partial charge in [-0.25, -0.2) is 21.9 Å². The van der Waals surface area contributed by atoms with E-state index in [0.29, 0.717) is 24.7 Å². The average molecular weight is 410 g/mol. The SMILES string of the molecule is Cc1cc2n(n1)C1(CCN(S(=O)(=O)c3cc(F)cc(F)c3)CC1)CC(=O)N2C. The van der Waals surface area contributed by atoms with Crippen LogP contribution in [0.3, 0.4) is 0 Å². The van der Waals surface area contributed by atoms with E-state index in [1.54, 1.807) is 11.9 Å². The first-order chi connectivity index (χ1) is 13.1. The quantitative estimate of drug-likeness (QED) is 0.759. The molecule has 7 nitrogen and oxygen atoms in total. The van der Waals surface area contributed by atoms with Gasteiger partial charge >= 0.3 is 0 Å². The number of carbonyl (C=O) groups is 1. The summed E-state index contributed by atoms with van der Waals surface area (Å²) >= 11 is 0. The van der Waals surface area contributed by atoms with Gasteiger partial charge in [0.05, 0.1) is 22.5 Å². The molecule has 3 heterocycles. The summed E-state index contributed by atoms with van der Waals surface area (Å²) < 4.78 is 55.7. The van der Waals surface area contributed by atoms with Gasteiger partial charge in [0.2, 0.25) is 15.9 Å². The van der Waals surface area contributed by atoms with Crippen LogP contribution in [0.5, 0.6) is 0 Å². The Morgan fingerprint density at radius 3 is 2.29 bits per heavy atom. The Morgan fingerprint density at radius 2 is 1.68 bits per heavy atom. The van der Waals surface area contributed by atoms with Gasteiger partial charge in [0, 0.05) is 32.3 Å². The van der Waals surface area contributed by atoms with Gasteiger partial charge < -0.3 is 4.90 Å². The number of benzene rings is 1. The molecule has 0 bridgehead atoms. The number of nitrogens with zero attached hydrogens (tertiary/aromatic N) is 4. The van der Waals surface area contributed by atoms with Crippen LogP contribution in [0.2, 0.25) is 0 Å². The van der Waals surface area contributed by atoms with Crippen LogP contribution in [-0.4, -0.2) is 48.5 Å². The molecule has 1 spiro atoms. The highest BCUT2D eigenvalue weighted by atomic mass is 32.2. The van der Waals surface area contributed by atoms with Crippen LogP contribution < -0.4 is 4.90 Å². The second-order valence-electron chi connectivity index (χ2n) is 7.42. The van der Waals surface area contributed by atoms with Gasteiger partial charge in [-0.15, -0.1) is 0 Å². The molecule has 1 aromatic heterocycles. The van der Waals surface area contributed by atoms with Crippen molar-refractivity contribution in [3.8, 4) is 0 Å². The van der Waals surface area contributed by atoms with Crippen molar-refractivity contribution < 1.29 is 22.0 Å². The minimum Gasteiger partial charge on any atom is -0.300 e. The lowest BCUT2D eigenvalue weighted by atomic mass is 9.83. The van der Waals surface area contributed by atoms with E-state index in [0.717, 1.165) is 17.8 Å². The summed E-state index contributed by atoms with van der Waals surface area (Å²) in [7, 11) is -2.34. The molecular formula is C18H20F2N4O3S. The lowest BCUT2D eigenvalue weighted by Crippen LogP contribution is -2.54. The van der Waals surface area contributed by atoms with Crippen LogP contribution in [0.15, 0.2) is 29.2 Å². The number of sulfonamides is 1. The number of rotatable bonds is 2. The molecule has 150 valence electrons. The van der Waals surface area contributed by atoms with Crippen LogP contribution >= 0.6 is 0 Å². The first-order valence-corrected chi connectivity index (χ1v) is 10.4. The van der Waals surface area contributed by atoms with E-state index >= 15 is 0 Å². The second-order valence-corrected chi connectivity index (χ2v) is 9.36. The summed E-state index contributed by atoms with van der Waals surface area (Å²) in [6.07, 6.45) is 1.01. The Hall–Kier alpha value is -2.33. The van der Waals surface area contributed by atoms with Crippen LogP contribution in [0.4, 0.5) is 14.6 Å². The average Bonchev–Trinajstić information content (AvgIpc) is 3.02. The fraction of sp³-hybridized carbons (Fsp3) is 0.444. The molecule has 1 aromatic carbocycles. The molecule has 2 aliphatic heterocycles. The maximum absolute atomic E-state index is 13.5. The molecule has 0 atom stereocenters. The van der Waals surface area contributed by atoms with Crippen molar-refractivity contribution in [3.63, 3.8) is 0 Å². The Morgan fingerprint density at radius 1 is 1.07 bits per heavy atom. The van der Waals surface area contributed by atoms with E-state index in [1.807, 2.05) is 17.7 Å². The van der Waals surface area contributed by atoms with Crippen LogP contribution in [0.1, 0.15) is 25.0 Å². The maximum atomic E-state index is 13.5. The number of aromatic nitrogens is 2. The molecule has 0 unspecified atom stereocenters. The fourth-order valence-corrected chi connectivity index (χ4v) is 5.52. The highest BCUT2D eigenvalue weighted by Crippen LogP contribution is 2.41. The van der Waals surface area contributed by atoms with E-state index in [2.05, 4.69) is 5.10 Å². The molecule has 0 radical (unpaired) electrons. The van der Waals surface area contributed by atoms with Crippen molar-refractivity contribution in [1.82, 2.24) is 14.1 Å². The van der Waals surface area contributed by atoms with Crippen LogP contribution in [-0.2, 0) is 20.4 Å². The lowest BCUT2D eigenvalue weighted by molar-refractivity contribution is -0.122. The minimum absolute atomic E-state index is 0.0455. The van der Waals surface area contributed by atoms with E-state index in [-0.39, 0.29) is 25.4 Å². The molecule has 2 aliphatic rings. The van der Waals surface area contributed by atoms with E-state index in [4.69, 9.17) is 0 Å². The standard InChI is InChI=1S/C18H20F2N4O3S/c1-12-7-16-22(2)17(25)11-18(24(16)21-12)3-5-23(6-4-18)28(26,27)15-9-13(19)8-14(20)10-15/h7-10H,3-6,11H2,1-2H3. The predicted molar refractivity (Wildman–Crippen MR) is 97.3 cm³/mol. The van der Waals surface area contributed by atoms with Gasteiger partial charge in [-0.2, -0.15) is 9.40 Å². The van der Waals surface area contributed by atoms with Crippen LogP contribution in [0, 0.1) is 18.6 Å². The summed E-state index contributed by atoms with van der Waals surface area (Å²) in [6.45, 7) is 2.11. The second kappa shape index (κ2) is 6.35. The number of anilines is 1.